The van der Waals surface area contributed by atoms with E-state index in [-0.39, 0.29) is 35.5 Å². The number of nitrogens with zero attached hydrogens (tertiary/aromatic N) is 1. The molecule has 0 radical (unpaired) electrons. The van der Waals surface area contributed by atoms with Crippen molar-refractivity contribution in [2.45, 2.75) is 62.6 Å². The molecule has 5 rings (SSSR count). The van der Waals surface area contributed by atoms with Gasteiger partial charge in [-0.1, -0.05) is 13.0 Å². The molecule has 0 bridgehead atoms. The van der Waals surface area contributed by atoms with Crippen LogP contribution in [0.15, 0.2) is 18.2 Å². The second-order valence-electron chi connectivity index (χ2n) is 7.68. The first-order valence-electron chi connectivity index (χ1n) is 9.18. The number of urea groups is 1. The molecule has 4 aliphatic rings. The van der Waals surface area contributed by atoms with Crippen LogP contribution in [0, 0.1) is 0 Å². The molecule has 2 aliphatic carbocycles. The van der Waals surface area contributed by atoms with Gasteiger partial charge in [0.05, 0.1) is 6.61 Å². The molecule has 6 heteroatoms. The Labute approximate surface area is 146 Å². The number of benzene rings is 1. The topological polar surface area (TPSA) is 67.9 Å². The van der Waals surface area contributed by atoms with Gasteiger partial charge in [0.2, 0.25) is 0 Å². The van der Waals surface area contributed by atoms with Crippen molar-refractivity contribution in [2.75, 3.05) is 6.61 Å². The van der Waals surface area contributed by atoms with E-state index in [1.807, 2.05) is 25.1 Å². The van der Waals surface area contributed by atoms with E-state index in [1.54, 1.807) is 0 Å². The van der Waals surface area contributed by atoms with Crippen LogP contribution in [0.4, 0.5) is 4.79 Å². The van der Waals surface area contributed by atoms with Gasteiger partial charge in [-0.25, -0.2) is 4.79 Å². The Hall–Kier alpha value is -2.24. The lowest BCUT2D eigenvalue weighted by Gasteiger charge is -2.39. The monoisotopic (exact) mass is 342 g/mol. The van der Waals surface area contributed by atoms with Crippen LogP contribution in [0.2, 0.25) is 0 Å². The molecule has 132 valence electrons. The first kappa shape index (κ1) is 15.0. The third-order valence-electron chi connectivity index (χ3n) is 6.06. The van der Waals surface area contributed by atoms with E-state index in [0.29, 0.717) is 19.3 Å². The summed E-state index contributed by atoms with van der Waals surface area (Å²) in [5.41, 5.74) is 1.40. The standard InChI is InChI=1S/C19H22N2O4/c1-2-13-17(22)21(18(23)20-13)11-8-12(9-11)25-15-5-3-4-14-16(15)19(6-7-19)10-24-14/h3-5,11-13H,2,6-10H2,1H3,(H,20,23)/t11?,12?,13-/m0/s1. The highest BCUT2D eigenvalue weighted by Crippen LogP contribution is 2.58. The third kappa shape index (κ3) is 2.16. The first-order valence-corrected chi connectivity index (χ1v) is 9.18. The fourth-order valence-corrected chi connectivity index (χ4v) is 4.28. The van der Waals surface area contributed by atoms with Gasteiger partial charge in [0.15, 0.2) is 0 Å². The number of imide groups is 1. The number of rotatable bonds is 4. The lowest BCUT2D eigenvalue weighted by molar-refractivity contribution is -0.131. The van der Waals surface area contributed by atoms with Crippen molar-refractivity contribution in [3.63, 3.8) is 0 Å². The number of carbonyl (C=O) groups is 2. The van der Waals surface area contributed by atoms with Crippen molar-refractivity contribution in [2.24, 2.45) is 0 Å². The van der Waals surface area contributed by atoms with Crippen LogP contribution in [0.1, 0.15) is 44.6 Å². The Balaban J connectivity index is 1.27. The molecular formula is C19H22N2O4. The zero-order valence-electron chi connectivity index (χ0n) is 14.3. The fraction of sp³-hybridized carbons (Fsp3) is 0.579. The van der Waals surface area contributed by atoms with Gasteiger partial charge in [-0.15, -0.1) is 0 Å². The summed E-state index contributed by atoms with van der Waals surface area (Å²) in [7, 11) is 0. The largest absolute Gasteiger partial charge is 0.492 e. The number of hydrogen-bond donors (Lipinski definition) is 1. The van der Waals surface area contributed by atoms with E-state index in [2.05, 4.69) is 5.32 Å². The van der Waals surface area contributed by atoms with E-state index in [1.165, 1.54) is 10.5 Å². The minimum atomic E-state index is -0.364. The molecule has 25 heavy (non-hydrogen) atoms. The van der Waals surface area contributed by atoms with E-state index in [9.17, 15) is 9.59 Å². The van der Waals surface area contributed by atoms with Gasteiger partial charge < -0.3 is 14.8 Å². The van der Waals surface area contributed by atoms with Crippen LogP contribution >= 0.6 is 0 Å². The van der Waals surface area contributed by atoms with Crippen LogP contribution in [0.5, 0.6) is 11.5 Å². The summed E-state index contributed by atoms with van der Waals surface area (Å²) in [6.07, 6.45) is 4.41. The van der Waals surface area contributed by atoms with E-state index in [0.717, 1.165) is 30.9 Å². The molecule has 1 aromatic carbocycles. The zero-order chi connectivity index (χ0) is 17.2. The molecule has 0 aromatic heterocycles. The molecule has 0 unspecified atom stereocenters. The zero-order valence-corrected chi connectivity index (χ0v) is 14.3. The maximum absolute atomic E-state index is 12.3. The quantitative estimate of drug-likeness (QED) is 0.853. The molecule has 3 fully saturated rings. The van der Waals surface area contributed by atoms with Crippen LogP contribution in [-0.2, 0) is 10.2 Å². The highest BCUT2D eigenvalue weighted by molar-refractivity contribution is 6.04. The van der Waals surface area contributed by atoms with Gasteiger partial charge in [0, 0.05) is 29.9 Å². The molecule has 1 spiro atoms. The van der Waals surface area contributed by atoms with Gasteiger partial charge in [-0.2, -0.15) is 0 Å². The van der Waals surface area contributed by atoms with Crippen molar-refractivity contribution in [3.05, 3.63) is 23.8 Å². The van der Waals surface area contributed by atoms with Gasteiger partial charge in [0.25, 0.3) is 5.91 Å². The average Bonchev–Trinajstić information content (AvgIpc) is 3.17. The predicted octanol–water partition coefficient (Wildman–Crippen LogP) is 2.35. The van der Waals surface area contributed by atoms with E-state index in [4.69, 9.17) is 9.47 Å². The third-order valence-corrected chi connectivity index (χ3v) is 6.06. The smallest absolute Gasteiger partial charge is 0.325 e. The Bertz CT molecular complexity index is 752. The lowest BCUT2D eigenvalue weighted by Crippen LogP contribution is -2.52. The molecule has 1 aromatic rings. The van der Waals surface area contributed by atoms with Crippen LogP contribution in [-0.4, -0.2) is 41.6 Å². The summed E-state index contributed by atoms with van der Waals surface area (Å²) in [6.45, 7) is 2.67. The molecule has 2 saturated carbocycles. The average molecular weight is 342 g/mol. The second-order valence-corrected chi connectivity index (χ2v) is 7.68. The number of nitrogens with one attached hydrogen (secondary N) is 1. The molecule has 6 nitrogen and oxygen atoms in total. The summed E-state index contributed by atoms with van der Waals surface area (Å²) in [6, 6.07) is 5.33. The van der Waals surface area contributed by atoms with Gasteiger partial charge in [-0.05, 0) is 31.4 Å². The second kappa shape index (κ2) is 5.13. The Morgan fingerprint density at radius 3 is 2.80 bits per heavy atom. The van der Waals surface area contributed by atoms with Crippen LogP contribution in [0.25, 0.3) is 0 Å². The SMILES string of the molecule is CC[C@@H]1NC(=O)N(C2CC(Oc3cccc4c3C3(CC3)CO4)C2)C1=O. The fourth-order valence-electron chi connectivity index (χ4n) is 4.28. The lowest BCUT2D eigenvalue weighted by atomic mass is 9.87. The Morgan fingerprint density at radius 1 is 1.32 bits per heavy atom. The van der Waals surface area contributed by atoms with Crippen molar-refractivity contribution < 1.29 is 19.1 Å². The maximum Gasteiger partial charge on any atom is 0.325 e. The molecule has 1 N–H and O–H groups in total. The minimum Gasteiger partial charge on any atom is -0.492 e. The Kier molecular flexibility index (Phi) is 3.09. The summed E-state index contributed by atoms with van der Waals surface area (Å²) in [5.74, 6) is 1.77. The minimum absolute atomic E-state index is 0.0445. The molecule has 2 heterocycles. The predicted molar refractivity (Wildman–Crippen MR) is 89.7 cm³/mol. The van der Waals surface area contributed by atoms with Gasteiger partial charge in [-0.3, -0.25) is 9.69 Å². The highest BCUT2D eigenvalue weighted by Gasteiger charge is 2.53. The normalized spacial score (nSPS) is 31.4. The summed E-state index contributed by atoms with van der Waals surface area (Å²) in [4.78, 5) is 25.7. The highest BCUT2D eigenvalue weighted by atomic mass is 16.5. The van der Waals surface area contributed by atoms with E-state index >= 15 is 0 Å². The maximum atomic E-state index is 12.3. The van der Waals surface area contributed by atoms with Crippen LogP contribution < -0.4 is 14.8 Å². The van der Waals surface area contributed by atoms with Crippen molar-refractivity contribution in [1.29, 1.82) is 0 Å². The van der Waals surface area contributed by atoms with Crippen LogP contribution in [0.3, 0.4) is 0 Å². The number of hydrogen-bond acceptors (Lipinski definition) is 4. The molecule has 1 saturated heterocycles. The molecular weight excluding hydrogens is 320 g/mol. The molecule has 3 amide bonds. The van der Waals surface area contributed by atoms with Gasteiger partial charge in [0.1, 0.15) is 23.6 Å². The molecule has 1 atom stereocenters. The molecule has 2 aliphatic heterocycles. The Morgan fingerprint density at radius 2 is 2.12 bits per heavy atom. The summed E-state index contributed by atoms with van der Waals surface area (Å²) >= 11 is 0. The number of ether oxygens (including phenoxy) is 2. The number of carbonyl (C=O) groups excluding carboxylic acids is 2. The van der Waals surface area contributed by atoms with Gasteiger partial charge >= 0.3 is 6.03 Å². The first-order chi connectivity index (χ1) is 12.1. The number of fused-ring (bicyclic) bond motifs is 2. The van der Waals surface area contributed by atoms with Crippen molar-refractivity contribution in [1.82, 2.24) is 10.2 Å². The van der Waals surface area contributed by atoms with Crippen molar-refractivity contribution >= 4 is 11.9 Å². The summed E-state index contributed by atoms with van der Waals surface area (Å²) in [5, 5.41) is 2.75. The summed E-state index contributed by atoms with van der Waals surface area (Å²) < 4.78 is 12.1. The number of amides is 3. The van der Waals surface area contributed by atoms with E-state index < -0.39 is 0 Å². The van der Waals surface area contributed by atoms with Crippen molar-refractivity contribution in [3.8, 4) is 11.5 Å².